The maximum absolute atomic E-state index is 13.1. The topological polar surface area (TPSA) is 41.4 Å². The van der Waals surface area contributed by atoms with Crippen LogP contribution in [0.1, 0.15) is 40.7 Å². The zero-order valence-corrected chi connectivity index (χ0v) is 15.1. The molecule has 25 heavy (non-hydrogen) atoms. The zero-order chi connectivity index (χ0) is 18.0. The highest BCUT2D eigenvalue weighted by Crippen LogP contribution is 2.25. The van der Waals surface area contributed by atoms with Crippen LogP contribution in [0.3, 0.4) is 0 Å². The van der Waals surface area contributed by atoms with Crippen molar-refractivity contribution in [2.24, 2.45) is 0 Å². The Hall–Kier alpha value is -2.21. The first kappa shape index (κ1) is 17.6. The van der Waals surface area contributed by atoms with E-state index in [0.717, 1.165) is 49.3 Å². The normalized spacial score (nSPS) is 14.4. The van der Waals surface area contributed by atoms with Crippen LogP contribution < -0.4 is 0 Å². The molecule has 0 radical (unpaired) electrons. The largest absolute Gasteiger partial charge is 0.343 e. The Morgan fingerprint density at radius 1 is 1.28 bits per heavy atom. The average molecular weight is 344 g/mol. The molecule has 6 heteroatoms. The highest BCUT2D eigenvalue weighted by molar-refractivity contribution is 5.94. The van der Waals surface area contributed by atoms with Crippen LogP contribution in [0.2, 0.25) is 0 Å². The molecule has 1 aliphatic heterocycles. The lowest BCUT2D eigenvalue weighted by molar-refractivity contribution is 0.0812. The van der Waals surface area contributed by atoms with E-state index in [-0.39, 0.29) is 11.7 Å². The summed E-state index contributed by atoms with van der Waals surface area (Å²) < 4.78 is 15.0. The van der Waals surface area contributed by atoms with Crippen molar-refractivity contribution in [2.45, 2.75) is 39.4 Å². The van der Waals surface area contributed by atoms with Gasteiger partial charge in [-0.25, -0.2) is 4.39 Å². The number of carbonyl (C=O) groups is 1. The number of amides is 1. The predicted molar refractivity (Wildman–Crippen MR) is 94.8 cm³/mol. The number of rotatable bonds is 5. The molecule has 1 amide bonds. The molecule has 0 unspecified atom stereocenters. The maximum atomic E-state index is 13.1. The molecule has 5 nitrogen and oxygen atoms in total. The SMILES string of the molecule is CCCn1nc2c(c1C(=O)N(C)C)CN(Cc1ccc(F)cc1)CC2. The number of fused-ring (bicyclic) bond motifs is 1. The molecule has 0 bridgehead atoms. The minimum Gasteiger partial charge on any atom is -0.343 e. The van der Waals surface area contributed by atoms with E-state index in [4.69, 9.17) is 0 Å². The molecule has 0 fully saturated rings. The van der Waals surface area contributed by atoms with Crippen LogP contribution in [0.4, 0.5) is 4.39 Å². The lowest BCUT2D eigenvalue weighted by Gasteiger charge is -2.27. The van der Waals surface area contributed by atoms with Crippen LogP contribution in [-0.4, -0.2) is 46.1 Å². The van der Waals surface area contributed by atoms with Crippen LogP contribution >= 0.6 is 0 Å². The lowest BCUT2D eigenvalue weighted by Crippen LogP contribution is -2.32. The van der Waals surface area contributed by atoms with E-state index in [0.29, 0.717) is 12.2 Å². The minimum atomic E-state index is -0.218. The van der Waals surface area contributed by atoms with E-state index in [1.165, 1.54) is 12.1 Å². The van der Waals surface area contributed by atoms with Crippen molar-refractivity contribution >= 4 is 5.91 Å². The van der Waals surface area contributed by atoms with Crippen molar-refractivity contribution in [2.75, 3.05) is 20.6 Å². The van der Waals surface area contributed by atoms with Gasteiger partial charge in [0.2, 0.25) is 0 Å². The first-order valence-corrected chi connectivity index (χ1v) is 8.76. The molecule has 0 spiro atoms. The molecule has 134 valence electrons. The molecule has 0 saturated carbocycles. The Bertz CT molecular complexity index is 752. The van der Waals surface area contributed by atoms with Gasteiger partial charge in [0.25, 0.3) is 5.91 Å². The van der Waals surface area contributed by atoms with Gasteiger partial charge in [0, 0.05) is 52.3 Å². The molecular weight excluding hydrogens is 319 g/mol. The maximum Gasteiger partial charge on any atom is 0.271 e. The lowest BCUT2D eigenvalue weighted by atomic mass is 10.0. The number of aromatic nitrogens is 2. The summed E-state index contributed by atoms with van der Waals surface area (Å²) in [7, 11) is 3.55. The minimum absolute atomic E-state index is 0.00540. The first-order chi connectivity index (χ1) is 12.0. The average Bonchev–Trinajstić information content (AvgIpc) is 2.94. The van der Waals surface area contributed by atoms with Gasteiger partial charge in [-0.1, -0.05) is 19.1 Å². The molecule has 2 heterocycles. The third-order valence-electron chi connectivity index (χ3n) is 4.54. The third kappa shape index (κ3) is 3.74. The summed E-state index contributed by atoms with van der Waals surface area (Å²) in [5, 5.41) is 4.69. The molecule has 0 saturated heterocycles. The van der Waals surface area contributed by atoms with Gasteiger partial charge in [-0.2, -0.15) is 5.10 Å². The van der Waals surface area contributed by atoms with E-state index in [1.807, 2.05) is 16.8 Å². The highest BCUT2D eigenvalue weighted by Gasteiger charge is 2.28. The Labute approximate surface area is 148 Å². The van der Waals surface area contributed by atoms with Crippen molar-refractivity contribution in [1.29, 1.82) is 0 Å². The molecule has 1 aromatic carbocycles. The molecule has 3 rings (SSSR count). The van der Waals surface area contributed by atoms with E-state index < -0.39 is 0 Å². The van der Waals surface area contributed by atoms with E-state index in [9.17, 15) is 9.18 Å². The number of hydrogen-bond acceptors (Lipinski definition) is 3. The molecule has 1 aliphatic rings. The number of nitrogens with zero attached hydrogens (tertiary/aromatic N) is 4. The fourth-order valence-corrected chi connectivity index (χ4v) is 3.29. The first-order valence-electron chi connectivity index (χ1n) is 8.76. The molecule has 0 N–H and O–H groups in total. The van der Waals surface area contributed by atoms with Crippen LogP contribution in [0.5, 0.6) is 0 Å². The smallest absolute Gasteiger partial charge is 0.271 e. The van der Waals surface area contributed by atoms with Crippen LogP contribution in [-0.2, 0) is 26.1 Å². The van der Waals surface area contributed by atoms with Crippen LogP contribution in [0, 0.1) is 5.82 Å². The Kier molecular flexibility index (Phi) is 5.18. The summed E-state index contributed by atoms with van der Waals surface area (Å²) >= 11 is 0. The molecule has 0 aliphatic carbocycles. The summed E-state index contributed by atoms with van der Waals surface area (Å²) in [6.07, 6.45) is 1.77. The van der Waals surface area contributed by atoms with Gasteiger partial charge in [0.15, 0.2) is 0 Å². The van der Waals surface area contributed by atoms with E-state index >= 15 is 0 Å². The second kappa shape index (κ2) is 7.35. The van der Waals surface area contributed by atoms with Gasteiger partial charge in [-0.3, -0.25) is 14.4 Å². The summed E-state index contributed by atoms with van der Waals surface area (Å²) in [6.45, 7) is 5.17. The summed E-state index contributed by atoms with van der Waals surface area (Å²) in [5.74, 6) is -0.213. The van der Waals surface area contributed by atoms with Crippen molar-refractivity contribution < 1.29 is 9.18 Å². The zero-order valence-electron chi connectivity index (χ0n) is 15.1. The second-order valence-electron chi connectivity index (χ2n) is 6.78. The Balaban J connectivity index is 1.85. The van der Waals surface area contributed by atoms with Crippen molar-refractivity contribution in [3.8, 4) is 0 Å². The fourth-order valence-electron chi connectivity index (χ4n) is 3.29. The summed E-state index contributed by atoms with van der Waals surface area (Å²) in [6, 6.07) is 6.62. The molecule has 2 aromatic rings. The van der Waals surface area contributed by atoms with Crippen molar-refractivity contribution in [1.82, 2.24) is 19.6 Å². The Morgan fingerprint density at radius 2 is 2.00 bits per heavy atom. The molecule has 0 atom stereocenters. The summed E-state index contributed by atoms with van der Waals surface area (Å²) in [5.41, 5.74) is 3.87. The number of aryl methyl sites for hydroxylation is 1. The number of halogens is 1. The summed E-state index contributed by atoms with van der Waals surface area (Å²) in [4.78, 5) is 16.6. The predicted octanol–water partition coefficient (Wildman–Crippen LogP) is 2.69. The Morgan fingerprint density at radius 3 is 2.64 bits per heavy atom. The molecular formula is C19H25FN4O. The van der Waals surface area contributed by atoms with E-state index in [1.54, 1.807) is 19.0 Å². The number of benzene rings is 1. The molecule has 1 aromatic heterocycles. The quantitative estimate of drug-likeness (QED) is 0.837. The van der Waals surface area contributed by atoms with Gasteiger partial charge in [0.05, 0.1) is 5.69 Å². The van der Waals surface area contributed by atoms with Crippen molar-refractivity contribution in [3.05, 3.63) is 52.6 Å². The van der Waals surface area contributed by atoms with Gasteiger partial charge < -0.3 is 4.90 Å². The number of carbonyl (C=O) groups excluding carboxylic acids is 1. The van der Waals surface area contributed by atoms with E-state index in [2.05, 4.69) is 16.9 Å². The van der Waals surface area contributed by atoms with Crippen molar-refractivity contribution in [3.63, 3.8) is 0 Å². The van der Waals surface area contributed by atoms with Gasteiger partial charge in [-0.05, 0) is 24.1 Å². The third-order valence-corrected chi connectivity index (χ3v) is 4.54. The van der Waals surface area contributed by atoms with Gasteiger partial charge in [-0.15, -0.1) is 0 Å². The van der Waals surface area contributed by atoms with Gasteiger partial charge in [0.1, 0.15) is 11.5 Å². The van der Waals surface area contributed by atoms with Crippen LogP contribution in [0.25, 0.3) is 0 Å². The van der Waals surface area contributed by atoms with Gasteiger partial charge >= 0.3 is 0 Å². The second-order valence-corrected chi connectivity index (χ2v) is 6.78. The fraction of sp³-hybridized carbons (Fsp3) is 0.474. The standard InChI is InChI=1S/C19H25FN4O/c1-4-10-24-18(19(25)22(2)3)16-13-23(11-9-17(16)21-24)12-14-5-7-15(20)8-6-14/h5-8H,4,9-13H2,1-3H3. The van der Waals surface area contributed by atoms with Crippen LogP contribution in [0.15, 0.2) is 24.3 Å². The monoisotopic (exact) mass is 344 g/mol. The number of hydrogen-bond donors (Lipinski definition) is 0. The highest BCUT2D eigenvalue weighted by atomic mass is 19.1.